The number of sulfonamides is 1. The van der Waals surface area contributed by atoms with Crippen LogP contribution < -0.4 is 15.2 Å². The Morgan fingerprint density at radius 1 is 1.19 bits per heavy atom. The van der Waals surface area contributed by atoms with Crippen molar-refractivity contribution in [3.63, 3.8) is 0 Å². The lowest BCUT2D eigenvalue weighted by Gasteiger charge is -2.11. The Kier molecular flexibility index (Phi) is 4.63. The molecule has 2 rings (SSSR count). The first-order valence-electron chi connectivity index (χ1n) is 5.80. The Balaban J connectivity index is 2.36. The number of nitrogens with one attached hydrogen (secondary N) is 1. The van der Waals surface area contributed by atoms with Crippen molar-refractivity contribution in [3.05, 3.63) is 46.4 Å². The highest BCUT2D eigenvalue weighted by Gasteiger charge is 2.16. The van der Waals surface area contributed by atoms with E-state index in [4.69, 9.17) is 33.7 Å². The maximum Gasteiger partial charge on any atom is 0.242 e. The Hall–Kier alpha value is -1.47. The molecular weight excluding hydrogens is 335 g/mol. The van der Waals surface area contributed by atoms with Crippen molar-refractivity contribution in [2.75, 3.05) is 12.8 Å². The van der Waals surface area contributed by atoms with Crippen LogP contribution in [-0.4, -0.2) is 15.5 Å². The van der Waals surface area contributed by atoms with Crippen LogP contribution >= 0.6 is 23.2 Å². The zero-order valence-electron chi connectivity index (χ0n) is 10.9. The molecule has 0 unspecified atom stereocenters. The number of benzene rings is 2. The van der Waals surface area contributed by atoms with Crippen LogP contribution in [0.2, 0.25) is 10.0 Å². The van der Waals surface area contributed by atoms with Crippen LogP contribution in [0.5, 0.6) is 11.5 Å². The van der Waals surface area contributed by atoms with Gasteiger partial charge in [-0.3, -0.25) is 0 Å². The second-order valence-electron chi connectivity index (χ2n) is 4.06. The number of hydrogen-bond acceptors (Lipinski definition) is 4. The van der Waals surface area contributed by atoms with Gasteiger partial charge in [0.05, 0.1) is 10.7 Å². The smallest absolute Gasteiger partial charge is 0.242 e. The van der Waals surface area contributed by atoms with Gasteiger partial charge in [0, 0.05) is 6.07 Å². The van der Waals surface area contributed by atoms with Gasteiger partial charge in [0.2, 0.25) is 10.0 Å². The van der Waals surface area contributed by atoms with Gasteiger partial charge in [-0.1, -0.05) is 29.3 Å². The second-order valence-corrected chi connectivity index (χ2v) is 6.70. The Morgan fingerprint density at radius 2 is 1.90 bits per heavy atom. The zero-order chi connectivity index (χ0) is 15.6. The minimum atomic E-state index is -3.61. The minimum absolute atomic E-state index is 0.0189. The molecule has 0 fully saturated rings. The molecule has 0 heterocycles. The predicted molar refractivity (Wildman–Crippen MR) is 83.6 cm³/mol. The summed E-state index contributed by atoms with van der Waals surface area (Å²) in [4.78, 5) is -0.0189. The summed E-state index contributed by atoms with van der Waals surface area (Å²) in [6.45, 7) is 0. The van der Waals surface area contributed by atoms with E-state index in [1.54, 1.807) is 18.2 Å². The molecule has 0 aliphatic heterocycles. The van der Waals surface area contributed by atoms with Crippen molar-refractivity contribution in [3.8, 4) is 11.5 Å². The third kappa shape index (κ3) is 3.41. The van der Waals surface area contributed by atoms with E-state index < -0.39 is 10.0 Å². The van der Waals surface area contributed by atoms with Gasteiger partial charge in [-0.25, -0.2) is 13.1 Å². The first-order valence-corrected chi connectivity index (χ1v) is 8.04. The third-order valence-electron chi connectivity index (χ3n) is 2.68. The molecule has 3 N–H and O–H groups in total. The van der Waals surface area contributed by atoms with E-state index in [2.05, 4.69) is 4.72 Å². The van der Waals surface area contributed by atoms with Crippen molar-refractivity contribution >= 4 is 38.9 Å². The molecule has 0 aromatic heterocycles. The minimum Gasteiger partial charge on any atom is -0.456 e. The van der Waals surface area contributed by atoms with Crippen molar-refractivity contribution in [2.24, 2.45) is 0 Å². The number of nitrogen functional groups attached to an aromatic ring is 1. The molecule has 0 aliphatic rings. The summed E-state index contributed by atoms with van der Waals surface area (Å²) in [7, 11) is -2.30. The van der Waals surface area contributed by atoms with Crippen molar-refractivity contribution in [2.45, 2.75) is 4.90 Å². The number of ether oxygens (including phenoxy) is 1. The van der Waals surface area contributed by atoms with E-state index in [0.717, 1.165) is 0 Å². The quantitative estimate of drug-likeness (QED) is 0.832. The Morgan fingerprint density at radius 3 is 2.52 bits per heavy atom. The number of rotatable bonds is 4. The van der Waals surface area contributed by atoms with Crippen LogP contribution in [-0.2, 0) is 10.0 Å². The highest BCUT2D eigenvalue weighted by Crippen LogP contribution is 2.35. The summed E-state index contributed by atoms with van der Waals surface area (Å²) in [6, 6.07) is 9.21. The molecule has 0 saturated carbocycles. The van der Waals surface area contributed by atoms with Gasteiger partial charge in [0.1, 0.15) is 21.4 Å². The molecule has 0 bridgehead atoms. The monoisotopic (exact) mass is 346 g/mol. The third-order valence-corrected chi connectivity index (χ3v) is 4.97. The van der Waals surface area contributed by atoms with E-state index in [1.165, 1.54) is 25.2 Å². The fraction of sp³-hybridized carbons (Fsp3) is 0.0769. The Labute approximate surface area is 132 Å². The van der Waals surface area contributed by atoms with E-state index in [1.807, 2.05) is 0 Å². The highest BCUT2D eigenvalue weighted by molar-refractivity contribution is 7.89. The lowest BCUT2D eigenvalue weighted by molar-refractivity contribution is 0.483. The summed E-state index contributed by atoms with van der Waals surface area (Å²) in [6.07, 6.45) is 0. The fourth-order valence-corrected chi connectivity index (χ4v) is 2.80. The zero-order valence-corrected chi connectivity index (χ0v) is 13.3. The topological polar surface area (TPSA) is 81.4 Å². The van der Waals surface area contributed by atoms with Gasteiger partial charge in [0.15, 0.2) is 0 Å². The van der Waals surface area contributed by atoms with Crippen molar-refractivity contribution < 1.29 is 13.2 Å². The first kappa shape index (κ1) is 15.9. The number of anilines is 1. The molecule has 8 heteroatoms. The predicted octanol–water partition coefficient (Wildman–Crippen LogP) is 3.28. The lowest BCUT2D eigenvalue weighted by atomic mass is 10.3. The maximum absolute atomic E-state index is 11.7. The molecular formula is C13H12Cl2N2O3S. The van der Waals surface area contributed by atoms with Gasteiger partial charge in [-0.15, -0.1) is 0 Å². The molecule has 0 saturated heterocycles. The van der Waals surface area contributed by atoms with Crippen LogP contribution in [0.15, 0.2) is 41.3 Å². The van der Waals surface area contributed by atoms with E-state index in [-0.39, 0.29) is 15.6 Å². The van der Waals surface area contributed by atoms with Crippen molar-refractivity contribution in [1.82, 2.24) is 4.72 Å². The van der Waals surface area contributed by atoms with Crippen LogP contribution in [0.25, 0.3) is 0 Å². The van der Waals surface area contributed by atoms with Gasteiger partial charge in [-0.2, -0.15) is 0 Å². The summed E-state index contributed by atoms with van der Waals surface area (Å²) in [5, 5.41) is 0.626. The SMILES string of the molecule is CNS(=O)(=O)c1ccc(Oc2cccc(Cl)c2Cl)cc1N. The fourth-order valence-electron chi connectivity index (χ4n) is 1.63. The highest BCUT2D eigenvalue weighted by atomic mass is 35.5. The van der Waals surface area contributed by atoms with Gasteiger partial charge < -0.3 is 10.5 Å². The van der Waals surface area contributed by atoms with Crippen LogP contribution in [0, 0.1) is 0 Å². The summed E-state index contributed by atoms with van der Waals surface area (Å²) in [5.41, 5.74) is 5.82. The molecule has 2 aromatic rings. The number of hydrogen-bond donors (Lipinski definition) is 2. The largest absolute Gasteiger partial charge is 0.456 e. The molecule has 112 valence electrons. The molecule has 0 atom stereocenters. The molecule has 21 heavy (non-hydrogen) atoms. The van der Waals surface area contributed by atoms with E-state index in [9.17, 15) is 8.42 Å². The molecule has 0 aliphatic carbocycles. The molecule has 0 amide bonds. The van der Waals surface area contributed by atoms with Crippen LogP contribution in [0.4, 0.5) is 5.69 Å². The van der Waals surface area contributed by atoms with Gasteiger partial charge in [-0.05, 0) is 31.3 Å². The summed E-state index contributed by atoms with van der Waals surface area (Å²) < 4.78 is 31.2. The first-order chi connectivity index (χ1) is 9.85. The summed E-state index contributed by atoms with van der Waals surface area (Å²) >= 11 is 11.9. The van der Waals surface area contributed by atoms with Crippen molar-refractivity contribution in [1.29, 1.82) is 0 Å². The molecule has 0 spiro atoms. The number of halogens is 2. The van der Waals surface area contributed by atoms with E-state index in [0.29, 0.717) is 16.5 Å². The molecule has 2 aromatic carbocycles. The maximum atomic E-state index is 11.7. The summed E-state index contributed by atoms with van der Waals surface area (Å²) in [5.74, 6) is 0.708. The van der Waals surface area contributed by atoms with Crippen LogP contribution in [0.3, 0.4) is 0 Å². The normalized spacial score (nSPS) is 11.4. The van der Waals surface area contributed by atoms with Gasteiger partial charge >= 0.3 is 0 Å². The number of nitrogens with two attached hydrogens (primary N) is 1. The molecule has 0 radical (unpaired) electrons. The van der Waals surface area contributed by atoms with Gasteiger partial charge in [0.25, 0.3) is 0 Å². The Bertz CT molecular complexity index is 779. The average molecular weight is 347 g/mol. The second kappa shape index (κ2) is 6.11. The van der Waals surface area contributed by atoms with Crippen LogP contribution in [0.1, 0.15) is 0 Å². The van der Waals surface area contributed by atoms with E-state index >= 15 is 0 Å². The lowest BCUT2D eigenvalue weighted by Crippen LogP contribution is -2.19. The molecule has 5 nitrogen and oxygen atoms in total. The standard InChI is InChI=1S/C13H12Cl2N2O3S/c1-17-21(18,19)12-6-5-8(7-10(12)16)20-11-4-2-3-9(14)13(11)15/h2-7,17H,16H2,1H3. The average Bonchev–Trinajstić information content (AvgIpc) is 2.44.